The third kappa shape index (κ3) is 4.57. The number of hydrogen-bond donors (Lipinski definition) is 2. The minimum absolute atomic E-state index is 0.00550. The maximum Gasteiger partial charge on any atom is 0.215 e. The smallest absolute Gasteiger partial charge is 0.215 e. The lowest BCUT2D eigenvalue weighted by atomic mass is 9.68. The molecule has 26 heavy (non-hydrogen) atoms. The molecule has 1 aliphatic heterocycles. The van der Waals surface area contributed by atoms with Crippen LogP contribution in [0.5, 0.6) is 0 Å². The molecule has 1 aromatic carbocycles. The standard InChI is InChI=1S/C19H30N4O2S/c1-3-21-18(23-12-11-19(15-23)9-4-10-19)22-13-16-5-7-17(8-6-16)14-26(24,25)20-2/h5-8,20H,3-4,9-15H2,1-2H3,(H,21,22). The summed E-state index contributed by atoms with van der Waals surface area (Å²) in [5.74, 6) is 1.00. The molecule has 0 atom stereocenters. The number of sulfonamides is 1. The molecule has 1 saturated carbocycles. The third-order valence-corrected chi connectivity index (χ3v) is 6.92. The van der Waals surface area contributed by atoms with Gasteiger partial charge in [0.15, 0.2) is 5.96 Å². The van der Waals surface area contributed by atoms with Gasteiger partial charge in [-0.05, 0) is 49.8 Å². The van der Waals surface area contributed by atoms with Crippen LogP contribution in [0.15, 0.2) is 29.3 Å². The van der Waals surface area contributed by atoms with Crippen molar-refractivity contribution in [1.29, 1.82) is 0 Å². The van der Waals surface area contributed by atoms with E-state index in [9.17, 15) is 8.42 Å². The highest BCUT2D eigenvalue weighted by molar-refractivity contribution is 7.88. The summed E-state index contributed by atoms with van der Waals surface area (Å²) in [5, 5.41) is 3.42. The highest BCUT2D eigenvalue weighted by Gasteiger charge is 2.43. The highest BCUT2D eigenvalue weighted by atomic mass is 32.2. The molecule has 1 heterocycles. The van der Waals surface area contributed by atoms with Crippen LogP contribution in [0.1, 0.15) is 43.7 Å². The first-order valence-corrected chi connectivity index (χ1v) is 11.1. The number of guanidine groups is 1. The number of aliphatic imine (C=N–C) groups is 1. The van der Waals surface area contributed by atoms with Gasteiger partial charge in [0.05, 0.1) is 12.3 Å². The first-order chi connectivity index (χ1) is 12.5. The molecule has 1 spiro atoms. The summed E-state index contributed by atoms with van der Waals surface area (Å²) in [4.78, 5) is 7.21. The Morgan fingerprint density at radius 1 is 1.19 bits per heavy atom. The molecule has 1 aliphatic carbocycles. The number of nitrogens with zero attached hydrogens (tertiary/aromatic N) is 2. The molecule has 1 aromatic rings. The molecule has 0 bridgehead atoms. The lowest BCUT2D eigenvalue weighted by molar-refractivity contribution is 0.151. The maximum atomic E-state index is 11.6. The number of likely N-dealkylation sites (tertiary alicyclic amines) is 1. The SMILES string of the molecule is CCNC(=NCc1ccc(CS(=O)(=O)NC)cc1)N1CCC2(CCC2)C1. The molecule has 3 rings (SSSR count). The van der Waals surface area contributed by atoms with Crippen molar-refractivity contribution >= 4 is 16.0 Å². The predicted molar refractivity (Wildman–Crippen MR) is 105 cm³/mol. The molecule has 0 amide bonds. The van der Waals surface area contributed by atoms with Crippen LogP contribution in [-0.2, 0) is 22.3 Å². The van der Waals surface area contributed by atoms with Crippen molar-refractivity contribution in [2.24, 2.45) is 10.4 Å². The Kier molecular flexibility index (Phi) is 5.87. The van der Waals surface area contributed by atoms with Crippen LogP contribution in [0.3, 0.4) is 0 Å². The molecule has 0 radical (unpaired) electrons. The Morgan fingerprint density at radius 2 is 1.88 bits per heavy atom. The molecule has 0 aromatic heterocycles. The zero-order valence-electron chi connectivity index (χ0n) is 15.8. The predicted octanol–water partition coefficient (Wildman–Crippen LogP) is 2.08. The molecule has 2 N–H and O–H groups in total. The second-order valence-corrected chi connectivity index (χ2v) is 9.40. The Balaban J connectivity index is 1.62. The lowest BCUT2D eigenvalue weighted by Gasteiger charge is -2.38. The number of benzene rings is 1. The Labute approximate surface area is 157 Å². The van der Waals surface area contributed by atoms with E-state index in [0.717, 1.165) is 36.7 Å². The average molecular weight is 379 g/mol. The van der Waals surface area contributed by atoms with Crippen LogP contribution in [0, 0.1) is 5.41 Å². The molecule has 2 fully saturated rings. The van der Waals surface area contributed by atoms with E-state index in [1.165, 1.54) is 32.7 Å². The third-order valence-electron chi connectivity index (χ3n) is 5.59. The van der Waals surface area contributed by atoms with Gasteiger partial charge in [-0.1, -0.05) is 30.7 Å². The first-order valence-electron chi connectivity index (χ1n) is 9.48. The summed E-state index contributed by atoms with van der Waals surface area (Å²) in [6, 6.07) is 7.66. The fraction of sp³-hybridized carbons (Fsp3) is 0.632. The molecule has 0 unspecified atom stereocenters. The van der Waals surface area contributed by atoms with Crippen molar-refractivity contribution in [3.05, 3.63) is 35.4 Å². The highest BCUT2D eigenvalue weighted by Crippen LogP contribution is 2.47. The summed E-state index contributed by atoms with van der Waals surface area (Å²) in [5.41, 5.74) is 2.42. The van der Waals surface area contributed by atoms with Crippen LogP contribution in [0.4, 0.5) is 0 Å². The minimum atomic E-state index is -3.23. The molecule has 6 nitrogen and oxygen atoms in total. The van der Waals surface area contributed by atoms with Crippen molar-refractivity contribution in [1.82, 2.24) is 14.9 Å². The maximum absolute atomic E-state index is 11.6. The van der Waals surface area contributed by atoms with Gasteiger partial charge in [0.1, 0.15) is 0 Å². The van der Waals surface area contributed by atoms with Crippen molar-refractivity contribution in [2.75, 3.05) is 26.7 Å². The molecule has 144 valence electrons. The van der Waals surface area contributed by atoms with Crippen LogP contribution in [0.25, 0.3) is 0 Å². The Hall–Kier alpha value is -1.60. The zero-order chi connectivity index (χ0) is 18.6. The van der Waals surface area contributed by atoms with Crippen molar-refractivity contribution in [3.8, 4) is 0 Å². The summed E-state index contributed by atoms with van der Waals surface area (Å²) < 4.78 is 25.6. The van der Waals surface area contributed by atoms with E-state index in [4.69, 9.17) is 4.99 Å². The molecule has 1 saturated heterocycles. The summed E-state index contributed by atoms with van der Waals surface area (Å²) in [6.45, 7) is 5.78. The molecule has 2 aliphatic rings. The van der Waals surface area contributed by atoms with Crippen LogP contribution < -0.4 is 10.0 Å². The fourth-order valence-corrected chi connectivity index (χ4v) is 4.60. The first kappa shape index (κ1) is 19.2. The van der Waals surface area contributed by atoms with Gasteiger partial charge in [-0.25, -0.2) is 18.1 Å². The van der Waals surface area contributed by atoms with Crippen LogP contribution in [-0.4, -0.2) is 46.0 Å². The topological polar surface area (TPSA) is 73.8 Å². The normalized spacial score (nSPS) is 19.6. The largest absolute Gasteiger partial charge is 0.357 e. The van der Waals surface area contributed by atoms with E-state index in [1.807, 2.05) is 24.3 Å². The second-order valence-electron chi connectivity index (χ2n) is 7.47. The van der Waals surface area contributed by atoms with Gasteiger partial charge in [-0.3, -0.25) is 0 Å². The molecular formula is C19H30N4O2S. The molecule has 7 heteroatoms. The van der Waals surface area contributed by atoms with Gasteiger partial charge in [-0.15, -0.1) is 0 Å². The molecular weight excluding hydrogens is 348 g/mol. The summed E-state index contributed by atoms with van der Waals surface area (Å²) in [7, 11) is -1.79. The second kappa shape index (κ2) is 7.96. The van der Waals surface area contributed by atoms with Crippen molar-refractivity contribution in [2.45, 2.75) is 44.9 Å². The average Bonchev–Trinajstić information content (AvgIpc) is 3.06. The lowest BCUT2D eigenvalue weighted by Crippen LogP contribution is -2.42. The fourth-order valence-electron chi connectivity index (χ4n) is 3.83. The van der Waals surface area contributed by atoms with Crippen molar-refractivity contribution < 1.29 is 8.42 Å². The van der Waals surface area contributed by atoms with Gasteiger partial charge in [0, 0.05) is 19.6 Å². The van der Waals surface area contributed by atoms with Gasteiger partial charge < -0.3 is 10.2 Å². The van der Waals surface area contributed by atoms with E-state index >= 15 is 0 Å². The van der Waals surface area contributed by atoms with Gasteiger partial charge in [0.25, 0.3) is 0 Å². The van der Waals surface area contributed by atoms with E-state index in [0.29, 0.717) is 12.0 Å². The minimum Gasteiger partial charge on any atom is -0.357 e. The van der Waals surface area contributed by atoms with E-state index in [2.05, 4.69) is 21.9 Å². The number of rotatable bonds is 6. The van der Waals surface area contributed by atoms with Crippen molar-refractivity contribution in [3.63, 3.8) is 0 Å². The summed E-state index contributed by atoms with van der Waals surface area (Å²) in [6.07, 6.45) is 5.38. The monoisotopic (exact) mass is 378 g/mol. The van der Waals surface area contributed by atoms with Gasteiger partial charge in [0.2, 0.25) is 10.0 Å². The van der Waals surface area contributed by atoms with Gasteiger partial charge >= 0.3 is 0 Å². The number of hydrogen-bond acceptors (Lipinski definition) is 3. The summed E-state index contributed by atoms with van der Waals surface area (Å²) >= 11 is 0. The van der Waals surface area contributed by atoms with Crippen LogP contribution >= 0.6 is 0 Å². The van der Waals surface area contributed by atoms with Gasteiger partial charge in [-0.2, -0.15) is 0 Å². The number of nitrogens with one attached hydrogen (secondary N) is 2. The van der Waals surface area contributed by atoms with E-state index in [-0.39, 0.29) is 5.75 Å². The zero-order valence-corrected chi connectivity index (χ0v) is 16.6. The Morgan fingerprint density at radius 3 is 2.42 bits per heavy atom. The van der Waals surface area contributed by atoms with E-state index < -0.39 is 10.0 Å². The van der Waals surface area contributed by atoms with Crippen LogP contribution in [0.2, 0.25) is 0 Å². The van der Waals surface area contributed by atoms with E-state index in [1.54, 1.807) is 0 Å². The quantitative estimate of drug-likeness (QED) is 0.587. The Bertz CT molecular complexity index is 739.